The van der Waals surface area contributed by atoms with Gasteiger partial charge in [0.15, 0.2) is 0 Å². The van der Waals surface area contributed by atoms with Crippen LogP contribution in [0.15, 0.2) is 71.7 Å². The lowest BCUT2D eigenvalue weighted by Crippen LogP contribution is -2.20. The van der Waals surface area contributed by atoms with Crippen molar-refractivity contribution >= 4 is 21.8 Å². The summed E-state index contributed by atoms with van der Waals surface area (Å²) in [5, 5.41) is 6.24. The van der Waals surface area contributed by atoms with Crippen LogP contribution in [-0.2, 0) is 0 Å². The lowest BCUT2D eigenvalue weighted by atomic mass is 10.1. The Morgan fingerprint density at radius 1 is 0.905 bits per heavy atom. The van der Waals surface area contributed by atoms with E-state index in [1.807, 2.05) is 54.6 Å². The molecule has 2 aromatic heterocycles. The van der Waals surface area contributed by atoms with Gasteiger partial charge in [-0.2, -0.15) is 9.78 Å². The van der Waals surface area contributed by atoms with Crippen molar-refractivity contribution < 1.29 is 0 Å². The monoisotopic (exact) mass is 273 g/mol. The standard InChI is InChI=1S/C17H11N3O/c21-16-10-12-11-18-15-9-5-4-8-14(15)17(12)19-20(16)13-6-2-1-3-7-13/h1-11H. The molecule has 4 rings (SSSR count). The number of hydrogen-bond donors (Lipinski definition) is 0. The van der Waals surface area contributed by atoms with E-state index in [1.54, 1.807) is 12.3 Å². The van der Waals surface area contributed by atoms with Crippen LogP contribution in [0.4, 0.5) is 0 Å². The highest BCUT2D eigenvalue weighted by atomic mass is 16.1. The highest BCUT2D eigenvalue weighted by Crippen LogP contribution is 2.20. The molecule has 0 fully saturated rings. The van der Waals surface area contributed by atoms with Crippen LogP contribution in [-0.4, -0.2) is 14.8 Å². The van der Waals surface area contributed by atoms with Gasteiger partial charge in [-0.15, -0.1) is 0 Å². The molecule has 0 aliphatic rings. The van der Waals surface area contributed by atoms with E-state index in [0.29, 0.717) is 0 Å². The molecule has 0 amide bonds. The predicted molar refractivity (Wildman–Crippen MR) is 82.6 cm³/mol. The molecule has 0 bridgehead atoms. The fourth-order valence-electron chi connectivity index (χ4n) is 2.46. The van der Waals surface area contributed by atoms with Crippen molar-refractivity contribution in [1.29, 1.82) is 0 Å². The molecule has 0 radical (unpaired) electrons. The van der Waals surface area contributed by atoms with E-state index in [0.717, 1.165) is 27.5 Å². The van der Waals surface area contributed by atoms with E-state index in [4.69, 9.17) is 0 Å². The smallest absolute Gasteiger partial charge is 0.267 e. The van der Waals surface area contributed by atoms with Crippen LogP contribution >= 0.6 is 0 Å². The third-order valence-corrected chi connectivity index (χ3v) is 3.46. The van der Waals surface area contributed by atoms with Gasteiger partial charge in [0.1, 0.15) is 5.52 Å². The highest BCUT2D eigenvalue weighted by Gasteiger charge is 2.07. The predicted octanol–water partition coefficient (Wildman–Crippen LogP) is 2.93. The maximum absolute atomic E-state index is 12.2. The Bertz CT molecular complexity index is 1010. The summed E-state index contributed by atoms with van der Waals surface area (Å²) in [6, 6.07) is 18.8. The van der Waals surface area contributed by atoms with Crippen molar-refractivity contribution in [2.45, 2.75) is 0 Å². The minimum absolute atomic E-state index is 0.161. The summed E-state index contributed by atoms with van der Waals surface area (Å²) in [6.07, 6.45) is 1.70. The van der Waals surface area contributed by atoms with Crippen LogP contribution < -0.4 is 5.56 Å². The van der Waals surface area contributed by atoms with Gasteiger partial charge in [0.25, 0.3) is 5.56 Å². The second-order valence-corrected chi connectivity index (χ2v) is 4.81. The van der Waals surface area contributed by atoms with Crippen molar-refractivity contribution in [2.75, 3.05) is 0 Å². The Balaban J connectivity index is 2.12. The van der Waals surface area contributed by atoms with Gasteiger partial charge in [0, 0.05) is 23.0 Å². The first-order valence-electron chi connectivity index (χ1n) is 6.66. The zero-order valence-corrected chi connectivity index (χ0v) is 11.1. The third-order valence-electron chi connectivity index (χ3n) is 3.46. The van der Waals surface area contributed by atoms with Crippen molar-refractivity contribution in [2.24, 2.45) is 0 Å². The second kappa shape index (κ2) is 4.52. The zero-order chi connectivity index (χ0) is 14.2. The first-order chi connectivity index (χ1) is 10.3. The Labute approximate surface area is 120 Å². The first-order valence-corrected chi connectivity index (χ1v) is 6.66. The van der Waals surface area contributed by atoms with Crippen LogP contribution in [0.2, 0.25) is 0 Å². The van der Waals surface area contributed by atoms with Crippen LogP contribution in [0.3, 0.4) is 0 Å². The fourth-order valence-corrected chi connectivity index (χ4v) is 2.46. The van der Waals surface area contributed by atoms with Gasteiger partial charge in [-0.25, -0.2) is 0 Å². The molecule has 4 heteroatoms. The van der Waals surface area contributed by atoms with Gasteiger partial charge in [0.2, 0.25) is 0 Å². The number of benzene rings is 2. The number of fused-ring (bicyclic) bond motifs is 3. The number of nitrogens with zero attached hydrogens (tertiary/aromatic N) is 3. The van der Waals surface area contributed by atoms with E-state index < -0.39 is 0 Å². The highest BCUT2D eigenvalue weighted by molar-refractivity contribution is 6.02. The average molecular weight is 273 g/mol. The van der Waals surface area contributed by atoms with Crippen LogP contribution in [0.1, 0.15) is 0 Å². The zero-order valence-electron chi connectivity index (χ0n) is 11.1. The van der Waals surface area contributed by atoms with Crippen LogP contribution in [0.25, 0.3) is 27.5 Å². The number of pyridine rings is 1. The molecule has 0 aliphatic heterocycles. The molecule has 0 aliphatic carbocycles. The summed E-state index contributed by atoms with van der Waals surface area (Å²) in [5.74, 6) is 0. The normalized spacial score (nSPS) is 11.0. The van der Waals surface area contributed by atoms with Gasteiger partial charge in [-0.3, -0.25) is 9.78 Å². The number of aromatic nitrogens is 3. The van der Waals surface area contributed by atoms with Crippen molar-refractivity contribution in [3.63, 3.8) is 0 Å². The van der Waals surface area contributed by atoms with E-state index in [1.165, 1.54) is 4.68 Å². The van der Waals surface area contributed by atoms with E-state index in [2.05, 4.69) is 10.1 Å². The molecule has 0 atom stereocenters. The molecule has 2 aromatic carbocycles. The molecule has 2 heterocycles. The fraction of sp³-hybridized carbons (Fsp3) is 0. The van der Waals surface area contributed by atoms with Crippen molar-refractivity contribution in [3.8, 4) is 5.69 Å². The second-order valence-electron chi connectivity index (χ2n) is 4.81. The van der Waals surface area contributed by atoms with Crippen molar-refractivity contribution in [3.05, 3.63) is 77.2 Å². The number of hydrogen-bond acceptors (Lipinski definition) is 3. The lowest BCUT2D eigenvalue weighted by Gasteiger charge is -2.07. The Morgan fingerprint density at radius 2 is 1.67 bits per heavy atom. The molecule has 0 saturated carbocycles. The van der Waals surface area contributed by atoms with Crippen LogP contribution in [0.5, 0.6) is 0 Å². The average Bonchev–Trinajstić information content (AvgIpc) is 2.55. The largest absolute Gasteiger partial charge is 0.272 e. The maximum atomic E-state index is 12.2. The van der Waals surface area contributed by atoms with E-state index in [9.17, 15) is 4.79 Å². The van der Waals surface area contributed by atoms with E-state index >= 15 is 0 Å². The summed E-state index contributed by atoms with van der Waals surface area (Å²) in [5.41, 5.74) is 2.25. The van der Waals surface area contributed by atoms with Crippen LogP contribution in [0, 0.1) is 0 Å². The van der Waals surface area contributed by atoms with Gasteiger partial charge in [-0.1, -0.05) is 36.4 Å². The Kier molecular flexibility index (Phi) is 2.54. The summed E-state index contributed by atoms with van der Waals surface area (Å²) < 4.78 is 1.43. The molecule has 21 heavy (non-hydrogen) atoms. The number of rotatable bonds is 1. The lowest BCUT2D eigenvalue weighted by molar-refractivity contribution is 0.833. The Morgan fingerprint density at radius 3 is 2.52 bits per heavy atom. The summed E-state index contributed by atoms with van der Waals surface area (Å²) >= 11 is 0. The molecular formula is C17H11N3O. The van der Waals surface area contributed by atoms with Gasteiger partial charge < -0.3 is 0 Å². The quantitative estimate of drug-likeness (QED) is 0.501. The van der Waals surface area contributed by atoms with E-state index in [-0.39, 0.29) is 5.56 Å². The van der Waals surface area contributed by atoms with Gasteiger partial charge >= 0.3 is 0 Å². The van der Waals surface area contributed by atoms with Crippen molar-refractivity contribution in [1.82, 2.24) is 14.8 Å². The molecule has 0 unspecified atom stereocenters. The molecular weight excluding hydrogens is 262 g/mol. The topological polar surface area (TPSA) is 47.8 Å². The molecule has 0 saturated heterocycles. The summed E-state index contributed by atoms with van der Waals surface area (Å²) in [6.45, 7) is 0. The number of para-hydroxylation sites is 2. The first kappa shape index (κ1) is 11.8. The summed E-state index contributed by atoms with van der Waals surface area (Å²) in [7, 11) is 0. The SMILES string of the molecule is O=c1cc2cnc3ccccc3c2nn1-c1ccccc1. The third kappa shape index (κ3) is 1.89. The summed E-state index contributed by atoms with van der Waals surface area (Å²) in [4.78, 5) is 16.6. The molecule has 0 spiro atoms. The molecule has 100 valence electrons. The molecule has 4 aromatic rings. The molecule has 0 N–H and O–H groups in total. The minimum Gasteiger partial charge on any atom is -0.267 e. The minimum atomic E-state index is -0.161. The van der Waals surface area contributed by atoms with Gasteiger partial charge in [0.05, 0.1) is 11.2 Å². The van der Waals surface area contributed by atoms with Gasteiger partial charge in [-0.05, 0) is 18.2 Å². The molecule has 4 nitrogen and oxygen atoms in total. The maximum Gasteiger partial charge on any atom is 0.272 e. The Hall–Kier alpha value is -3.01.